The molecule has 0 N–H and O–H groups in total. The molecule has 2 rings (SSSR count). The Hall–Kier alpha value is -0.0800. The summed E-state index contributed by atoms with van der Waals surface area (Å²) in [7, 11) is 0. The fourth-order valence-electron chi connectivity index (χ4n) is 1.99. The second kappa shape index (κ2) is 3.55. The van der Waals surface area contributed by atoms with Gasteiger partial charge in [-0.05, 0) is 32.1 Å². The van der Waals surface area contributed by atoms with Crippen LogP contribution in [0.25, 0.3) is 0 Å². The van der Waals surface area contributed by atoms with Crippen LogP contribution < -0.4 is 0 Å². The van der Waals surface area contributed by atoms with E-state index >= 15 is 0 Å². The highest BCUT2D eigenvalue weighted by molar-refractivity contribution is 4.78. The molecule has 1 radical (unpaired) electrons. The van der Waals surface area contributed by atoms with Crippen molar-refractivity contribution in [3.05, 3.63) is 6.42 Å². The molecule has 0 aromatic rings. The van der Waals surface area contributed by atoms with Crippen molar-refractivity contribution in [1.29, 1.82) is 0 Å². The van der Waals surface area contributed by atoms with Crippen LogP contribution in [0.15, 0.2) is 0 Å². The molecule has 0 aromatic carbocycles. The minimum absolute atomic E-state index is 1.19. The van der Waals surface area contributed by atoms with Crippen molar-refractivity contribution in [2.45, 2.75) is 25.7 Å². The Morgan fingerprint density at radius 2 is 1.55 bits per heavy atom. The van der Waals surface area contributed by atoms with E-state index in [2.05, 4.69) is 16.4 Å². The first-order chi connectivity index (χ1) is 5.47. The summed E-state index contributed by atoms with van der Waals surface area (Å²) in [6, 6.07) is 0. The van der Waals surface area contributed by atoms with Crippen LogP contribution in [0.1, 0.15) is 25.7 Å². The minimum atomic E-state index is 1.19. The van der Waals surface area contributed by atoms with Gasteiger partial charge in [-0.25, -0.2) is 10.0 Å². The minimum Gasteiger partial charge on any atom is -0.242 e. The Morgan fingerprint density at radius 1 is 0.818 bits per heavy atom. The molecule has 2 aliphatic rings. The van der Waals surface area contributed by atoms with Crippen LogP contribution in [0.3, 0.4) is 0 Å². The summed E-state index contributed by atoms with van der Waals surface area (Å²) in [4.78, 5) is 0. The Kier molecular flexibility index (Phi) is 2.44. The summed E-state index contributed by atoms with van der Waals surface area (Å²) >= 11 is 0. The van der Waals surface area contributed by atoms with E-state index in [1.54, 1.807) is 0 Å². The number of hydrogen-bond acceptors (Lipinski definition) is 2. The third-order valence-corrected chi connectivity index (χ3v) is 2.65. The van der Waals surface area contributed by atoms with Gasteiger partial charge in [-0.15, -0.1) is 0 Å². The normalized spacial score (nSPS) is 29.5. The summed E-state index contributed by atoms with van der Waals surface area (Å²) < 4.78 is 0. The molecule has 2 aliphatic heterocycles. The summed E-state index contributed by atoms with van der Waals surface area (Å²) in [5, 5.41) is 5.03. The number of hydrazine groups is 1. The van der Waals surface area contributed by atoms with Crippen LogP contribution in [0, 0.1) is 6.42 Å². The lowest BCUT2D eigenvalue weighted by Gasteiger charge is -2.34. The molecule has 11 heavy (non-hydrogen) atoms. The van der Waals surface area contributed by atoms with Gasteiger partial charge in [-0.1, -0.05) is 0 Å². The van der Waals surface area contributed by atoms with E-state index < -0.39 is 0 Å². The third-order valence-electron chi connectivity index (χ3n) is 2.65. The lowest BCUT2D eigenvalue weighted by atomic mass is 10.2. The van der Waals surface area contributed by atoms with Crippen molar-refractivity contribution in [2.24, 2.45) is 0 Å². The summed E-state index contributed by atoms with van der Waals surface area (Å²) in [5.41, 5.74) is 0. The maximum absolute atomic E-state index is 2.52. The van der Waals surface area contributed by atoms with Gasteiger partial charge in [0.25, 0.3) is 0 Å². The van der Waals surface area contributed by atoms with E-state index in [4.69, 9.17) is 0 Å². The first kappa shape index (κ1) is 7.56. The van der Waals surface area contributed by atoms with Crippen LogP contribution >= 0.6 is 0 Å². The summed E-state index contributed by atoms with van der Waals surface area (Å²) in [6.45, 7) is 5.08. The molecule has 0 saturated carbocycles. The number of nitrogens with zero attached hydrogens (tertiary/aromatic N) is 2. The van der Waals surface area contributed by atoms with Gasteiger partial charge in [0.15, 0.2) is 0 Å². The first-order valence-electron chi connectivity index (χ1n) is 4.78. The molecule has 0 aliphatic carbocycles. The van der Waals surface area contributed by atoms with Crippen LogP contribution in [-0.2, 0) is 0 Å². The van der Waals surface area contributed by atoms with Crippen molar-refractivity contribution in [3.63, 3.8) is 0 Å². The maximum atomic E-state index is 2.52. The van der Waals surface area contributed by atoms with Crippen molar-refractivity contribution in [1.82, 2.24) is 10.0 Å². The number of piperidine rings is 1. The Balaban J connectivity index is 1.82. The van der Waals surface area contributed by atoms with Crippen molar-refractivity contribution in [2.75, 3.05) is 26.2 Å². The largest absolute Gasteiger partial charge is 0.242 e. The number of hydrogen-bond donors (Lipinski definition) is 0. The van der Waals surface area contributed by atoms with Gasteiger partial charge in [0, 0.05) is 26.2 Å². The van der Waals surface area contributed by atoms with Gasteiger partial charge in [0.1, 0.15) is 0 Å². The molecule has 2 fully saturated rings. The van der Waals surface area contributed by atoms with Crippen LogP contribution in [-0.4, -0.2) is 36.2 Å². The van der Waals surface area contributed by atoms with E-state index in [0.717, 1.165) is 0 Å². The second-order valence-corrected chi connectivity index (χ2v) is 3.50. The third kappa shape index (κ3) is 1.74. The van der Waals surface area contributed by atoms with E-state index in [1.807, 2.05) is 0 Å². The van der Waals surface area contributed by atoms with Crippen LogP contribution in [0.5, 0.6) is 0 Å². The zero-order chi connectivity index (χ0) is 7.52. The Labute approximate surface area is 69.1 Å². The first-order valence-corrected chi connectivity index (χ1v) is 4.78. The molecular formula is C9H17N2. The molecule has 0 spiro atoms. The van der Waals surface area contributed by atoms with Crippen molar-refractivity contribution >= 4 is 0 Å². The molecule has 0 bridgehead atoms. The molecule has 0 aromatic heterocycles. The smallest absolute Gasteiger partial charge is 0.0164 e. The summed E-state index contributed by atoms with van der Waals surface area (Å²) in [6.07, 6.45) is 7.88. The molecule has 2 heterocycles. The predicted molar refractivity (Wildman–Crippen MR) is 45.9 cm³/mol. The monoisotopic (exact) mass is 153 g/mol. The highest BCUT2D eigenvalue weighted by Crippen LogP contribution is 2.15. The lowest BCUT2D eigenvalue weighted by Crippen LogP contribution is -2.43. The van der Waals surface area contributed by atoms with Gasteiger partial charge in [-0.3, -0.25) is 0 Å². The van der Waals surface area contributed by atoms with E-state index in [-0.39, 0.29) is 0 Å². The van der Waals surface area contributed by atoms with Gasteiger partial charge < -0.3 is 0 Å². The average Bonchev–Trinajstić information content (AvgIpc) is 2.58. The van der Waals surface area contributed by atoms with Crippen molar-refractivity contribution in [3.8, 4) is 0 Å². The molecule has 63 valence electrons. The van der Waals surface area contributed by atoms with E-state index in [1.165, 1.54) is 51.9 Å². The van der Waals surface area contributed by atoms with Crippen LogP contribution in [0.2, 0.25) is 0 Å². The Bertz CT molecular complexity index is 113. The molecule has 2 heteroatoms. The molecule has 0 atom stereocenters. The topological polar surface area (TPSA) is 6.48 Å². The standard InChI is InChI=1S/C9H17N2/c1-2-6-10(7-3-1)11-8-4-5-9-11/h2H,1,3-9H2. The highest BCUT2D eigenvalue weighted by Gasteiger charge is 2.20. The Morgan fingerprint density at radius 3 is 2.18 bits per heavy atom. The van der Waals surface area contributed by atoms with Gasteiger partial charge in [0.05, 0.1) is 0 Å². The SMILES string of the molecule is [CH]1CCCN(N2CCCC2)C1. The molecular weight excluding hydrogens is 136 g/mol. The number of rotatable bonds is 1. The molecule has 2 nitrogen and oxygen atoms in total. The quantitative estimate of drug-likeness (QED) is 0.560. The van der Waals surface area contributed by atoms with Gasteiger partial charge in [-0.2, -0.15) is 0 Å². The highest BCUT2D eigenvalue weighted by atomic mass is 15.6. The average molecular weight is 153 g/mol. The zero-order valence-corrected chi connectivity index (χ0v) is 7.13. The fraction of sp³-hybridized carbons (Fsp3) is 0.889. The maximum Gasteiger partial charge on any atom is 0.0164 e. The second-order valence-electron chi connectivity index (χ2n) is 3.50. The summed E-state index contributed by atoms with van der Waals surface area (Å²) in [5.74, 6) is 0. The zero-order valence-electron chi connectivity index (χ0n) is 7.13. The van der Waals surface area contributed by atoms with E-state index in [9.17, 15) is 0 Å². The van der Waals surface area contributed by atoms with Crippen molar-refractivity contribution < 1.29 is 0 Å². The van der Waals surface area contributed by atoms with Crippen LogP contribution in [0.4, 0.5) is 0 Å². The van der Waals surface area contributed by atoms with E-state index in [0.29, 0.717) is 0 Å². The lowest BCUT2D eigenvalue weighted by molar-refractivity contribution is -0.00574. The predicted octanol–water partition coefficient (Wildman–Crippen LogP) is 1.30. The fourth-order valence-corrected chi connectivity index (χ4v) is 1.99. The van der Waals surface area contributed by atoms with Gasteiger partial charge >= 0.3 is 0 Å². The molecule has 0 amide bonds. The molecule has 0 unspecified atom stereocenters. The van der Waals surface area contributed by atoms with Gasteiger partial charge in [0.2, 0.25) is 0 Å². The molecule has 2 saturated heterocycles.